The molecular formula is C18H15N3O2. The largest absolute Gasteiger partial charge is 0.462 e. The first-order valence-corrected chi connectivity index (χ1v) is 7.49. The predicted octanol–water partition coefficient (Wildman–Crippen LogP) is 3.89. The van der Waals surface area contributed by atoms with Gasteiger partial charge in [0.1, 0.15) is 5.69 Å². The van der Waals surface area contributed by atoms with Crippen molar-refractivity contribution in [3.63, 3.8) is 0 Å². The molecule has 0 bridgehead atoms. The van der Waals surface area contributed by atoms with Gasteiger partial charge in [-0.25, -0.2) is 4.79 Å². The van der Waals surface area contributed by atoms with Gasteiger partial charge in [0.05, 0.1) is 23.4 Å². The molecule has 2 aromatic carbocycles. The van der Waals surface area contributed by atoms with E-state index in [0.717, 1.165) is 33.2 Å². The van der Waals surface area contributed by atoms with Gasteiger partial charge < -0.3 is 9.72 Å². The van der Waals surface area contributed by atoms with Gasteiger partial charge in [-0.15, -0.1) is 0 Å². The molecule has 4 rings (SSSR count). The Balaban J connectivity index is 1.81. The molecule has 0 aliphatic rings. The van der Waals surface area contributed by atoms with Crippen molar-refractivity contribution in [3.8, 4) is 11.4 Å². The first-order chi connectivity index (χ1) is 11.3. The highest BCUT2D eigenvalue weighted by molar-refractivity contribution is 5.98. The molecule has 0 amide bonds. The number of carbonyl (C=O) groups is 1. The predicted molar refractivity (Wildman–Crippen MR) is 89.3 cm³/mol. The number of carbonyl (C=O) groups excluding carboxylic acids is 1. The maximum Gasteiger partial charge on any atom is 0.338 e. The van der Waals surface area contributed by atoms with Crippen LogP contribution in [0, 0.1) is 0 Å². The number of nitrogens with one attached hydrogen (secondary N) is 2. The smallest absolute Gasteiger partial charge is 0.338 e. The van der Waals surface area contributed by atoms with E-state index in [-0.39, 0.29) is 5.97 Å². The van der Waals surface area contributed by atoms with E-state index in [4.69, 9.17) is 4.74 Å². The number of esters is 1. The van der Waals surface area contributed by atoms with E-state index in [1.807, 2.05) is 42.5 Å². The molecule has 2 heterocycles. The van der Waals surface area contributed by atoms with Crippen LogP contribution in [0.2, 0.25) is 0 Å². The highest BCUT2D eigenvalue weighted by Gasteiger charge is 2.12. The number of fused-ring (bicyclic) bond motifs is 2. The van der Waals surface area contributed by atoms with E-state index < -0.39 is 0 Å². The summed E-state index contributed by atoms with van der Waals surface area (Å²) in [6.45, 7) is 2.17. The Kier molecular flexibility index (Phi) is 3.12. The third-order valence-corrected chi connectivity index (χ3v) is 3.86. The van der Waals surface area contributed by atoms with E-state index in [0.29, 0.717) is 12.2 Å². The zero-order chi connectivity index (χ0) is 15.8. The summed E-state index contributed by atoms with van der Waals surface area (Å²) in [5, 5.41) is 9.45. The molecule has 0 radical (unpaired) electrons. The number of aromatic amines is 2. The second-order valence-corrected chi connectivity index (χ2v) is 5.32. The highest BCUT2D eigenvalue weighted by atomic mass is 16.5. The summed E-state index contributed by atoms with van der Waals surface area (Å²) in [6, 6.07) is 15.5. The van der Waals surface area contributed by atoms with Gasteiger partial charge in [-0.05, 0) is 37.3 Å². The minimum atomic E-state index is -0.303. The number of hydrogen-bond acceptors (Lipinski definition) is 3. The molecule has 0 fully saturated rings. The van der Waals surface area contributed by atoms with E-state index in [9.17, 15) is 4.79 Å². The first kappa shape index (κ1) is 13.6. The average Bonchev–Trinajstić information content (AvgIpc) is 3.17. The fraction of sp³-hybridized carbons (Fsp3) is 0.111. The molecule has 0 atom stereocenters. The van der Waals surface area contributed by atoms with Crippen LogP contribution in [-0.2, 0) is 4.74 Å². The second kappa shape index (κ2) is 5.28. The number of ether oxygens (including phenoxy) is 1. The summed E-state index contributed by atoms with van der Waals surface area (Å²) in [5.74, 6) is -0.303. The number of nitrogens with zero attached hydrogens (tertiary/aromatic N) is 1. The van der Waals surface area contributed by atoms with Gasteiger partial charge in [0.25, 0.3) is 0 Å². The number of aromatic nitrogens is 3. The number of hydrogen-bond donors (Lipinski definition) is 2. The molecule has 0 aliphatic carbocycles. The standard InChI is InChI=1S/C18H15N3O2/c1-2-23-18(22)11-7-8-14-12(9-11)10-16(19-14)17-13-5-3-4-6-15(13)20-21-17/h3-10,19H,2H2,1H3,(H,20,21). The molecule has 5 heteroatoms. The Bertz CT molecular complexity index is 1010. The zero-order valence-electron chi connectivity index (χ0n) is 12.6. The van der Waals surface area contributed by atoms with Crippen molar-refractivity contribution in [1.82, 2.24) is 15.2 Å². The molecule has 114 valence electrons. The van der Waals surface area contributed by atoms with Crippen molar-refractivity contribution in [1.29, 1.82) is 0 Å². The third-order valence-electron chi connectivity index (χ3n) is 3.86. The topological polar surface area (TPSA) is 70.8 Å². The molecule has 0 saturated heterocycles. The molecule has 0 saturated carbocycles. The Morgan fingerprint density at radius 2 is 2.00 bits per heavy atom. The number of H-pyrrole nitrogens is 2. The van der Waals surface area contributed by atoms with Crippen molar-refractivity contribution in [2.24, 2.45) is 0 Å². The Morgan fingerprint density at radius 3 is 2.87 bits per heavy atom. The monoisotopic (exact) mass is 305 g/mol. The molecule has 0 unspecified atom stereocenters. The van der Waals surface area contributed by atoms with E-state index in [2.05, 4.69) is 15.2 Å². The van der Waals surface area contributed by atoms with Crippen LogP contribution in [0.15, 0.2) is 48.5 Å². The second-order valence-electron chi connectivity index (χ2n) is 5.32. The van der Waals surface area contributed by atoms with Crippen LogP contribution in [0.1, 0.15) is 17.3 Å². The van der Waals surface area contributed by atoms with Crippen LogP contribution >= 0.6 is 0 Å². The van der Waals surface area contributed by atoms with Gasteiger partial charge in [0, 0.05) is 16.3 Å². The lowest BCUT2D eigenvalue weighted by atomic mass is 10.1. The van der Waals surface area contributed by atoms with Crippen LogP contribution < -0.4 is 0 Å². The van der Waals surface area contributed by atoms with Crippen molar-refractivity contribution < 1.29 is 9.53 Å². The molecule has 0 spiro atoms. The minimum Gasteiger partial charge on any atom is -0.462 e. The van der Waals surface area contributed by atoms with Gasteiger partial charge in [-0.1, -0.05) is 18.2 Å². The lowest BCUT2D eigenvalue weighted by molar-refractivity contribution is 0.0526. The average molecular weight is 305 g/mol. The Morgan fingerprint density at radius 1 is 1.13 bits per heavy atom. The summed E-state index contributed by atoms with van der Waals surface area (Å²) in [5.41, 5.74) is 4.29. The van der Waals surface area contributed by atoms with E-state index >= 15 is 0 Å². The molecule has 23 heavy (non-hydrogen) atoms. The number of benzene rings is 2. The van der Waals surface area contributed by atoms with Gasteiger partial charge in [0.2, 0.25) is 0 Å². The van der Waals surface area contributed by atoms with Crippen molar-refractivity contribution in [2.75, 3.05) is 6.61 Å². The fourth-order valence-electron chi connectivity index (χ4n) is 2.77. The van der Waals surface area contributed by atoms with Crippen molar-refractivity contribution >= 4 is 27.8 Å². The minimum absolute atomic E-state index is 0.303. The molecule has 4 aromatic rings. The number of rotatable bonds is 3. The lowest BCUT2D eigenvalue weighted by Gasteiger charge is -2.00. The Hall–Kier alpha value is -3.08. The normalized spacial score (nSPS) is 11.2. The molecule has 0 aliphatic heterocycles. The lowest BCUT2D eigenvalue weighted by Crippen LogP contribution is -2.03. The van der Waals surface area contributed by atoms with Crippen molar-refractivity contribution in [2.45, 2.75) is 6.92 Å². The van der Waals surface area contributed by atoms with Crippen molar-refractivity contribution in [3.05, 3.63) is 54.1 Å². The summed E-state index contributed by atoms with van der Waals surface area (Å²) in [7, 11) is 0. The maximum atomic E-state index is 11.8. The SMILES string of the molecule is CCOC(=O)c1ccc2[nH]c(-c3n[nH]c4ccccc34)cc2c1. The van der Waals surface area contributed by atoms with Gasteiger partial charge in [-0.2, -0.15) is 5.10 Å². The number of para-hydroxylation sites is 1. The van der Waals surface area contributed by atoms with Crippen LogP contribution in [-0.4, -0.2) is 27.8 Å². The van der Waals surface area contributed by atoms with E-state index in [1.54, 1.807) is 13.0 Å². The molecule has 2 N–H and O–H groups in total. The summed E-state index contributed by atoms with van der Waals surface area (Å²) in [6.07, 6.45) is 0. The molecule has 5 nitrogen and oxygen atoms in total. The van der Waals surface area contributed by atoms with Gasteiger partial charge >= 0.3 is 5.97 Å². The summed E-state index contributed by atoms with van der Waals surface area (Å²) >= 11 is 0. The van der Waals surface area contributed by atoms with Crippen LogP contribution in [0.4, 0.5) is 0 Å². The fourth-order valence-corrected chi connectivity index (χ4v) is 2.77. The summed E-state index contributed by atoms with van der Waals surface area (Å²) < 4.78 is 5.05. The van der Waals surface area contributed by atoms with Crippen LogP contribution in [0.25, 0.3) is 33.2 Å². The van der Waals surface area contributed by atoms with Gasteiger partial charge in [-0.3, -0.25) is 5.10 Å². The third kappa shape index (κ3) is 2.26. The highest BCUT2D eigenvalue weighted by Crippen LogP contribution is 2.28. The van der Waals surface area contributed by atoms with E-state index in [1.165, 1.54) is 0 Å². The molecular weight excluding hydrogens is 290 g/mol. The maximum absolute atomic E-state index is 11.8. The van der Waals surface area contributed by atoms with Crippen LogP contribution in [0.3, 0.4) is 0 Å². The Labute approximate surface area is 132 Å². The van der Waals surface area contributed by atoms with Crippen LogP contribution in [0.5, 0.6) is 0 Å². The first-order valence-electron chi connectivity index (χ1n) is 7.49. The zero-order valence-corrected chi connectivity index (χ0v) is 12.6. The van der Waals surface area contributed by atoms with Gasteiger partial charge in [0.15, 0.2) is 0 Å². The quantitative estimate of drug-likeness (QED) is 0.564. The summed E-state index contributed by atoms with van der Waals surface area (Å²) in [4.78, 5) is 15.2. The molecule has 2 aromatic heterocycles.